The lowest BCUT2D eigenvalue weighted by Gasteiger charge is -2.21. The first-order valence-electron chi connectivity index (χ1n) is 5.65. The zero-order chi connectivity index (χ0) is 13.8. The second-order valence-electron chi connectivity index (χ2n) is 5.01. The van der Waals surface area contributed by atoms with Gasteiger partial charge in [-0.25, -0.2) is 9.38 Å². The molecule has 3 N–H and O–H groups in total. The normalized spacial score (nSPS) is 13.8. The highest BCUT2D eigenvalue weighted by Crippen LogP contribution is 2.16. The van der Waals surface area contributed by atoms with Gasteiger partial charge in [-0.3, -0.25) is 0 Å². The Morgan fingerprint density at radius 3 is 2.39 bits per heavy atom. The van der Waals surface area contributed by atoms with Crippen LogP contribution in [-0.2, 0) is 0 Å². The van der Waals surface area contributed by atoms with E-state index in [1.807, 2.05) is 20.8 Å². The number of guanidine groups is 1. The molecule has 18 heavy (non-hydrogen) atoms. The predicted octanol–water partition coefficient (Wildman–Crippen LogP) is 2.20. The summed E-state index contributed by atoms with van der Waals surface area (Å²) >= 11 is 0. The van der Waals surface area contributed by atoms with E-state index in [9.17, 15) is 4.39 Å². The molecule has 0 aromatic heterocycles. The number of rotatable bonds is 2. The summed E-state index contributed by atoms with van der Waals surface area (Å²) in [5.74, 6) is 2.49. The van der Waals surface area contributed by atoms with E-state index >= 15 is 0 Å². The lowest BCUT2D eigenvalue weighted by Crippen LogP contribution is -2.45. The number of aliphatic imine (C=N–C) groups is 1. The molecule has 0 bridgehead atoms. The molecule has 0 heterocycles. The Bertz CT molecular complexity index is 463. The summed E-state index contributed by atoms with van der Waals surface area (Å²) in [6, 6.07) is 5.40. The molecule has 3 nitrogen and oxygen atoms in total. The van der Waals surface area contributed by atoms with Gasteiger partial charge in [-0.15, -0.1) is 6.42 Å². The number of nitrogens with one attached hydrogen (secondary N) is 1. The zero-order valence-corrected chi connectivity index (χ0v) is 10.9. The van der Waals surface area contributed by atoms with E-state index in [2.05, 4.69) is 16.2 Å². The number of terminal acetylenes is 1. The fourth-order valence-corrected chi connectivity index (χ4v) is 1.41. The molecule has 0 spiro atoms. The second kappa shape index (κ2) is 5.54. The Hall–Kier alpha value is -2.02. The molecule has 0 aliphatic carbocycles. The van der Waals surface area contributed by atoms with E-state index < -0.39 is 6.04 Å². The lowest BCUT2D eigenvalue weighted by atomic mass is 10.1. The van der Waals surface area contributed by atoms with Crippen LogP contribution >= 0.6 is 0 Å². The van der Waals surface area contributed by atoms with Crippen LogP contribution in [0.1, 0.15) is 32.4 Å². The van der Waals surface area contributed by atoms with Crippen LogP contribution in [0.25, 0.3) is 0 Å². The molecule has 0 aliphatic rings. The van der Waals surface area contributed by atoms with Gasteiger partial charge in [0.05, 0.1) is 0 Å². The summed E-state index contributed by atoms with van der Waals surface area (Å²) in [4.78, 5) is 4.21. The monoisotopic (exact) mass is 247 g/mol. The third kappa shape index (κ3) is 4.46. The fraction of sp³-hybridized carbons (Fsp3) is 0.357. The minimum atomic E-state index is -0.513. The maximum Gasteiger partial charge on any atom is 0.190 e. The number of hydrogen-bond acceptors (Lipinski definition) is 1. The quantitative estimate of drug-likeness (QED) is 0.478. The molecule has 1 rings (SSSR count). The van der Waals surface area contributed by atoms with Gasteiger partial charge in [-0.05, 0) is 38.5 Å². The van der Waals surface area contributed by atoms with Crippen LogP contribution in [0.3, 0.4) is 0 Å². The molecule has 1 unspecified atom stereocenters. The Morgan fingerprint density at radius 2 is 1.94 bits per heavy atom. The molecule has 0 radical (unpaired) electrons. The third-order valence-corrected chi connectivity index (χ3v) is 2.11. The summed E-state index contributed by atoms with van der Waals surface area (Å²) in [5.41, 5.74) is 6.32. The maximum absolute atomic E-state index is 12.8. The van der Waals surface area contributed by atoms with Crippen LogP contribution in [-0.4, -0.2) is 11.5 Å². The van der Waals surface area contributed by atoms with Crippen molar-refractivity contribution in [3.8, 4) is 12.3 Å². The standard InChI is InChI=1S/C14H18FN3/c1-5-12(10-6-8-11(15)9-7-10)17-13(16)18-14(2,3)4/h1,6-9,12H,2-4H3,(H3,16,17,18). The molecule has 1 aromatic carbocycles. The third-order valence-electron chi connectivity index (χ3n) is 2.11. The number of benzene rings is 1. The van der Waals surface area contributed by atoms with Gasteiger partial charge in [0.1, 0.15) is 11.9 Å². The van der Waals surface area contributed by atoms with Gasteiger partial charge >= 0.3 is 0 Å². The highest BCUT2D eigenvalue weighted by atomic mass is 19.1. The number of nitrogens with two attached hydrogens (primary N) is 1. The van der Waals surface area contributed by atoms with Crippen molar-refractivity contribution in [3.63, 3.8) is 0 Å². The van der Waals surface area contributed by atoms with Crippen molar-refractivity contribution in [1.29, 1.82) is 0 Å². The molecule has 96 valence electrons. The molecule has 0 saturated carbocycles. The first kappa shape index (κ1) is 14.0. The molecule has 0 fully saturated rings. The minimum Gasteiger partial charge on any atom is -0.370 e. The molecule has 0 amide bonds. The largest absolute Gasteiger partial charge is 0.370 e. The highest BCUT2D eigenvalue weighted by molar-refractivity contribution is 5.79. The number of hydrogen-bond donors (Lipinski definition) is 2. The van der Waals surface area contributed by atoms with E-state index in [1.165, 1.54) is 12.1 Å². The van der Waals surface area contributed by atoms with Crippen molar-refractivity contribution in [2.75, 3.05) is 0 Å². The molecule has 1 atom stereocenters. The summed E-state index contributed by atoms with van der Waals surface area (Å²) in [6.45, 7) is 5.91. The first-order chi connectivity index (χ1) is 8.31. The van der Waals surface area contributed by atoms with E-state index in [0.717, 1.165) is 5.56 Å². The van der Waals surface area contributed by atoms with E-state index in [0.29, 0.717) is 0 Å². The van der Waals surface area contributed by atoms with Gasteiger partial charge in [0.15, 0.2) is 5.96 Å². The molecular formula is C14H18FN3. The SMILES string of the molecule is C#CC(N=C(N)NC(C)(C)C)c1ccc(F)cc1. The second-order valence-corrected chi connectivity index (χ2v) is 5.01. The van der Waals surface area contributed by atoms with Gasteiger partial charge in [0, 0.05) is 5.54 Å². The number of halogens is 1. The van der Waals surface area contributed by atoms with Crippen molar-refractivity contribution in [2.45, 2.75) is 32.4 Å². The zero-order valence-electron chi connectivity index (χ0n) is 10.9. The average molecular weight is 247 g/mol. The van der Waals surface area contributed by atoms with Crippen molar-refractivity contribution in [2.24, 2.45) is 10.7 Å². The first-order valence-corrected chi connectivity index (χ1v) is 5.65. The summed E-state index contributed by atoms with van der Waals surface area (Å²) in [7, 11) is 0. The molecule has 1 aromatic rings. The van der Waals surface area contributed by atoms with Crippen LogP contribution in [0.5, 0.6) is 0 Å². The summed E-state index contributed by atoms with van der Waals surface area (Å²) < 4.78 is 12.8. The van der Waals surface area contributed by atoms with Gasteiger partial charge in [0.2, 0.25) is 0 Å². The average Bonchev–Trinajstić information content (AvgIpc) is 2.25. The van der Waals surface area contributed by atoms with Crippen molar-refractivity contribution in [3.05, 3.63) is 35.6 Å². The van der Waals surface area contributed by atoms with Crippen molar-refractivity contribution >= 4 is 5.96 Å². The molecule has 0 saturated heterocycles. The lowest BCUT2D eigenvalue weighted by molar-refractivity contribution is 0.507. The van der Waals surface area contributed by atoms with Gasteiger partial charge in [-0.2, -0.15) is 0 Å². The molecular weight excluding hydrogens is 229 g/mol. The fourth-order valence-electron chi connectivity index (χ4n) is 1.41. The molecule has 0 aliphatic heterocycles. The van der Waals surface area contributed by atoms with Crippen LogP contribution in [0.15, 0.2) is 29.3 Å². The Labute approximate surface area is 107 Å². The van der Waals surface area contributed by atoms with Gasteiger partial charge in [-0.1, -0.05) is 18.1 Å². The van der Waals surface area contributed by atoms with Crippen molar-refractivity contribution < 1.29 is 4.39 Å². The van der Waals surface area contributed by atoms with E-state index in [1.54, 1.807) is 12.1 Å². The predicted molar refractivity (Wildman–Crippen MR) is 72.5 cm³/mol. The Balaban J connectivity index is 2.89. The van der Waals surface area contributed by atoms with E-state index in [-0.39, 0.29) is 17.3 Å². The maximum atomic E-state index is 12.8. The van der Waals surface area contributed by atoms with Gasteiger partial charge < -0.3 is 11.1 Å². The Morgan fingerprint density at radius 1 is 1.39 bits per heavy atom. The van der Waals surface area contributed by atoms with Crippen molar-refractivity contribution in [1.82, 2.24) is 5.32 Å². The molecule has 4 heteroatoms. The highest BCUT2D eigenvalue weighted by Gasteiger charge is 2.12. The van der Waals surface area contributed by atoms with Crippen LogP contribution < -0.4 is 11.1 Å². The Kier molecular flexibility index (Phi) is 4.33. The van der Waals surface area contributed by atoms with Crippen LogP contribution in [0.4, 0.5) is 4.39 Å². The smallest absolute Gasteiger partial charge is 0.190 e. The summed E-state index contributed by atoms with van der Waals surface area (Å²) in [6.07, 6.45) is 5.42. The minimum absolute atomic E-state index is 0.185. The van der Waals surface area contributed by atoms with Crippen LogP contribution in [0.2, 0.25) is 0 Å². The number of nitrogens with zero attached hydrogens (tertiary/aromatic N) is 1. The van der Waals surface area contributed by atoms with Crippen LogP contribution in [0, 0.1) is 18.2 Å². The topological polar surface area (TPSA) is 50.4 Å². The summed E-state index contributed by atoms with van der Waals surface area (Å²) in [5, 5.41) is 3.02. The van der Waals surface area contributed by atoms with Gasteiger partial charge in [0.25, 0.3) is 0 Å². The van der Waals surface area contributed by atoms with E-state index in [4.69, 9.17) is 12.2 Å².